The Kier molecular flexibility index (Phi) is 4.77. The van der Waals surface area contributed by atoms with Crippen molar-refractivity contribution in [1.29, 1.82) is 0 Å². The highest BCUT2D eigenvalue weighted by atomic mass is 16.3. The van der Waals surface area contributed by atoms with Gasteiger partial charge in [0, 0.05) is 25.2 Å². The fourth-order valence-corrected chi connectivity index (χ4v) is 2.35. The molecule has 2 atom stereocenters. The van der Waals surface area contributed by atoms with Crippen molar-refractivity contribution >= 4 is 0 Å². The van der Waals surface area contributed by atoms with Gasteiger partial charge in [-0.2, -0.15) is 0 Å². The maximum atomic E-state index is 10.0. The molecule has 2 unspecified atom stereocenters. The molecule has 1 aliphatic carbocycles. The van der Waals surface area contributed by atoms with E-state index in [2.05, 4.69) is 25.7 Å². The quantitative estimate of drug-likeness (QED) is 0.696. The molecule has 0 saturated heterocycles. The van der Waals surface area contributed by atoms with E-state index in [1.165, 1.54) is 12.8 Å². The molecule has 3 nitrogen and oxygen atoms in total. The van der Waals surface area contributed by atoms with Crippen molar-refractivity contribution in [1.82, 2.24) is 4.90 Å². The van der Waals surface area contributed by atoms with E-state index in [-0.39, 0.29) is 0 Å². The van der Waals surface area contributed by atoms with Gasteiger partial charge in [-0.3, -0.25) is 4.90 Å². The first-order valence-electron chi connectivity index (χ1n) is 6.54. The summed E-state index contributed by atoms with van der Waals surface area (Å²) in [4.78, 5) is 2.55. The Hall–Kier alpha value is -0.120. The van der Waals surface area contributed by atoms with Crippen LogP contribution in [0.2, 0.25) is 0 Å². The lowest BCUT2D eigenvalue weighted by Gasteiger charge is -2.35. The van der Waals surface area contributed by atoms with Crippen LogP contribution in [0.15, 0.2) is 0 Å². The summed E-state index contributed by atoms with van der Waals surface area (Å²) >= 11 is 0. The van der Waals surface area contributed by atoms with E-state index in [1.54, 1.807) is 0 Å². The predicted octanol–water partition coefficient (Wildman–Crippen LogP) is 1.60. The minimum atomic E-state index is -0.719. The Morgan fingerprint density at radius 2 is 1.94 bits per heavy atom. The van der Waals surface area contributed by atoms with Crippen LogP contribution in [0.3, 0.4) is 0 Å². The van der Waals surface area contributed by atoms with Gasteiger partial charge in [-0.05, 0) is 39.0 Å². The summed E-state index contributed by atoms with van der Waals surface area (Å²) in [5.41, 5.74) is 4.86. The van der Waals surface area contributed by atoms with E-state index in [0.717, 1.165) is 19.0 Å². The largest absolute Gasteiger partial charge is 0.389 e. The van der Waals surface area contributed by atoms with Gasteiger partial charge in [-0.15, -0.1) is 0 Å². The van der Waals surface area contributed by atoms with E-state index in [4.69, 9.17) is 5.73 Å². The van der Waals surface area contributed by atoms with Gasteiger partial charge in [0.15, 0.2) is 0 Å². The van der Waals surface area contributed by atoms with Crippen LogP contribution in [0, 0.1) is 5.92 Å². The minimum Gasteiger partial charge on any atom is -0.389 e. The molecule has 1 aliphatic rings. The van der Waals surface area contributed by atoms with Crippen molar-refractivity contribution < 1.29 is 5.11 Å². The van der Waals surface area contributed by atoms with Gasteiger partial charge in [-0.1, -0.05) is 13.8 Å². The number of hydrogen-bond donors (Lipinski definition) is 2. The van der Waals surface area contributed by atoms with Crippen molar-refractivity contribution in [3.05, 3.63) is 0 Å². The van der Waals surface area contributed by atoms with Crippen LogP contribution in [-0.2, 0) is 0 Å². The molecular formula is C13H28N2O. The minimum absolute atomic E-state index is 0.345. The van der Waals surface area contributed by atoms with Crippen molar-refractivity contribution in [2.75, 3.05) is 13.1 Å². The summed E-state index contributed by atoms with van der Waals surface area (Å²) in [6, 6.07) is 1.18. The lowest BCUT2D eigenvalue weighted by molar-refractivity contribution is 0.0243. The van der Waals surface area contributed by atoms with Gasteiger partial charge in [0.2, 0.25) is 0 Å². The Bertz CT molecular complexity index is 212. The molecule has 0 aliphatic heterocycles. The summed E-state index contributed by atoms with van der Waals surface area (Å²) in [7, 11) is 0. The van der Waals surface area contributed by atoms with Crippen LogP contribution in [0.1, 0.15) is 47.0 Å². The molecule has 0 aromatic carbocycles. The molecule has 1 saturated carbocycles. The lowest BCUT2D eigenvalue weighted by Crippen LogP contribution is -2.45. The van der Waals surface area contributed by atoms with Crippen molar-refractivity contribution in [3.8, 4) is 0 Å². The van der Waals surface area contributed by atoms with E-state index in [1.807, 2.05) is 6.92 Å². The molecule has 3 N–H and O–H groups in total. The third-order valence-electron chi connectivity index (χ3n) is 3.33. The fraction of sp³-hybridized carbons (Fsp3) is 1.00. The Balaban J connectivity index is 2.50. The summed E-state index contributed by atoms with van der Waals surface area (Å²) in [6.45, 7) is 10.0. The number of nitrogens with two attached hydrogens (primary N) is 1. The number of aliphatic hydroxyl groups is 1. The second-order valence-corrected chi connectivity index (χ2v) is 6.08. The zero-order chi connectivity index (χ0) is 12.3. The van der Waals surface area contributed by atoms with Gasteiger partial charge in [0.25, 0.3) is 0 Å². The molecule has 0 aromatic heterocycles. The molecule has 96 valence electrons. The number of hydrogen-bond acceptors (Lipinski definition) is 3. The van der Waals surface area contributed by atoms with Gasteiger partial charge in [-0.25, -0.2) is 0 Å². The third-order valence-corrected chi connectivity index (χ3v) is 3.33. The summed E-state index contributed by atoms with van der Waals surface area (Å²) in [5, 5.41) is 10.0. The maximum absolute atomic E-state index is 10.0. The topological polar surface area (TPSA) is 49.5 Å². The average Bonchev–Trinajstić information content (AvgIpc) is 2.96. The van der Waals surface area contributed by atoms with Crippen molar-refractivity contribution in [2.24, 2.45) is 11.7 Å². The average molecular weight is 228 g/mol. The zero-order valence-corrected chi connectivity index (χ0v) is 11.2. The van der Waals surface area contributed by atoms with Crippen LogP contribution in [0.4, 0.5) is 0 Å². The predicted molar refractivity (Wildman–Crippen MR) is 68.3 cm³/mol. The molecule has 0 aromatic rings. The van der Waals surface area contributed by atoms with E-state index in [9.17, 15) is 5.11 Å². The van der Waals surface area contributed by atoms with Crippen LogP contribution in [0.5, 0.6) is 0 Å². The smallest absolute Gasteiger partial charge is 0.0756 e. The maximum Gasteiger partial charge on any atom is 0.0756 e. The molecule has 0 bridgehead atoms. The molecular weight excluding hydrogens is 200 g/mol. The molecule has 0 radical (unpaired) electrons. The highest BCUT2D eigenvalue weighted by Gasteiger charge is 2.34. The summed E-state index contributed by atoms with van der Waals surface area (Å²) < 4.78 is 0. The second kappa shape index (κ2) is 5.48. The fourth-order valence-electron chi connectivity index (χ4n) is 2.35. The first-order valence-corrected chi connectivity index (χ1v) is 6.54. The van der Waals surface area contributed by atoms with Gasteiger partial charge < -0.3 is 10.8 Å². The normalized spacial score (nSPS) is 22.5. The Morgan fingerprint density at radius 3 is 2.31 bits per heavy atom. The van der Waals surface area contributed by atoms with Crippen LogP contribution < -0.4 is 5.73 Å². The Labute approximate surface area is 100 Å². The molecule has 0 heterocycles. The van der Waals surface area contributed by atoms with Gasteiger partial charge in [0.1, 0.15) is 0 Å². The van der Waals surface area contributed by atoms with Crippen LogP contribution >= 0.6 is 0 Å². The Morgan fingerprint density at radius 1 is 1.38 bits per heavy atom. The van der Waals surface area contributed by atoms with Crippen molar-refractivity contribution in [2.45, 2.75) is 64.6 Å². The zero-order valence-electron chi connectivity index (χ0n) is 11.2. The second-order valence-electron chi connectivity index (χ2n) is 6.08. The van der Waals surface area contributed by atoms with Gasteiger partial charge in [0.05, 0.1) is 5.60 Å². The highest BCUT2D eigenvalue weighted by molar-refractivity contribution is 4.90. The third kappa shape index (κ3) is 4.40. The summed E-state index contributed by atoms with van der Waals surface area (Å²) in [6.07, 6.45) is 3.41. The SMILES string of the molecule is CC(C)CN(C(C)CC(C)(O)CN)C1CC1. The van der Waals surface area contributed by atoms with E-state index >= 15 is 0 Å². The molecule has 1 fully saturated rings. The number of nitrogens with zero attached hydrogens (tertiary/aromatic N) is 1. The molecule has 0 amide bonds. The monoisotopic (exact) mass is 228 g/mol. The van der Waals surface area contributed by atoms with Crippen molar-refractivity contribution in [3.63, 3.8) is 0 Å². The van der Waals surface area contributed by atoms with E-state index < -0.39 is 5.60 Å². The van der Waals surface area contributed by atoms with Gasteiger partial charge >= 0.3 is 0 Å². The molecule has 3 heteroatoms. The first kappa shape index (κ1) is 13.9. The lowest BCUT2D eigenvalue weighted by atomic mass is 9.96. The molecule has 1 rings (SSSR count). The summed E-state index contributed by atoms with van der Waals surface area (Å²) in [5.74, 6) is 0.686. The molecule has 0 spiro atoms. The van der Waals surface area contributed by atoms with E-state index in [0.29, 0.717) is 18.5 Å². The van der Waals surface area contributed by atoms with Crippen LogP contribution in [-0.4, -0.2) is 40.8 Å². The first-order chi connectivity index (χ1) is 7.35. The molecule has 16 heavy (non-hydrogen) atoms. The highest BCUT2D eigenvalue weighted by Crippen LogP contribution is 2.31. The standard InChI is InChI=1S/C13H28N2O/c1-10(2)8-15(12-5-6-12)11(3)7-13(4,16)9-14/h10-12,16H,5-9,14H2,1-4H3. The van der Waals surface area contributed by atoms with Crippen LogP contribution in [0.25, 0.3) is 0 Å². The number of rotatable bonds is 7.